The summed E-state index contributed by atoms with van der Waals surface area (Å²) < 4.78 is 5.18. The third-order valence-corrected chi connectivity index (χ3v) is 5.20. The molecule has 1 saturated heterocycles. The van der Waals surface area contributed by atoms with Crippen molar-refractivity contribution < 1.29 is 9.64 Å². The fraction of sp³-hybridized carbons (Fsp3) is 0.381. The van der Waals surface area contributed by atoms with Gasteiger partial charge >= 0.3 is 0 Å². The number of nitrogens with one attached hydrogen (secondary N) is 3. The molecule has 2 aromatic rings. The van der Waals surface area contributed by atoms with Crippen molar-refractivity contribution in [2.75, 3.05) is 20.2 Å². The first-order valence-electron chi connectivity index (χ1n) is 9.28. The zero-order valence-electron chi connectivity index (χ0n) is 15.3. The molecular weight excluding hydrogens is 342 g/mol. The van der Waals surface area contributed by atoms with Crippen molar-refractivity contribution in [2.45, 2.75) is 32.0 Å². The lowest BCUT2D eigenvalue weighted by atomic mass is 10.0. The molecule has 138 valence electrons. The standard InChI is InChI=1S/C21H27N3OS/c1-25-20-9-7-17(8-10-20)15-22-21(26)23-19-11-13-24(14-12-19)16-18-5-3-2-4-6-18/h2-10,19H,11-16H2,1H3,(H2,22,23,26)/p+1. The van der Waals surface area contributed by atoms with Gasteiger partial charge in [0.15, 0.2) is 5.11 Å². The second kappa shape index (κ2) is 9.55. The van der Waals surface area contributed by atoms with Gasteiger partial charge in [-0.1, -0.05) is 42.5 Å². The van der Waals surface area contributed by atoms with E-state index in [1.54, 1.807) is 12.0 Å². The second-order valence-corrected chi connectivity index (χ2v) is 7.27. The lowest BCUT2D eigenvalue weighted by Gasteiger charge is -2.30. The molecule has 3 N–H and O–H groups in total. The Morgan fingerprint density at radius 1 is 1.04 bits per heavy atom. The molecule has 0 atom stereocenters. The van der Waals surface area contributed by atoms with Gasteiger partial charge in [-0.15, -0.1) is 0 Å². The first-order valence-corrected chi connectivity index (χ1v) is 9.68. The first-order chi connectivity index (χ1) is 12.7. The number of hydrogen-bond acceptors (Lipinski definition) is 2. The van der Waals surface area contributed by atoms with E-state index in [-0.39, 0.29) is 0 Å². The fourth-order valence-corrected chi connectivity index (χ4v) is 3.63. The average molecular weight is 371 g/mol. The van der Waals surface area contributed by atoms with E-state index in [1.807, 2.05) is 12.1 Å². The highest BCUT2D eigenvalue weighted by atomic mass is 32.1. The van der Waals surface area contributed by atoms with Gasteiger partial charge < -0.3 is 20.3 Å². The molecule has 0 bridgehead atoms. The molecule has 0 aliphatic carbocycles. The third kappa shape index (κ3) is 5.71. The Morgan fingerprint density at radius 2 is 1.73 bits per heavy atom. The van der Waals surface area contributed by atoms with Crippen LogP contribution in [0.3, 0.4) is 0 Å². The largest absolute Gasteiger partial charge is 0.497 e. The Labute approximate surface area is 161 Å². The SMILES string of the molecule is COc1ccc(CNC(=S)NC2CC[NH+](Cc3ccccc3)CC2)cc1. The normalized spacial score (nSPS) is 19.6. The van der Waals surface area contributed by atoms with E-state index in [0.717, 1.165) is 36.8 Å². The van der Waals surface area contributed by atoms with Gasteiger partial charge in [-0.3, -0.25) is 0 Å². The number of rotatable bonds is 6. The van der Waals surface area contributed by atoms with Gasteiger partial charge in [-0.2, -0.15) is 0 Å². The van der Waals surface area contributed by atoms with Crippen LogP contribution in [-0.2, 0) is 13.1 Å². The summed E-state index contributed by atoms with van der Waals surface area (Å²) >= 11 is 5.46. The van der Waals surface area contributed by atoms with Gasteiger partial charge in [0.05, 0.1) is 20.2 Å². The van der Waals surface area contributed by atoms with Crippen molar-refractivity contribution in [1.29, 1.82) is 0 Å². The molecule has 4 nitrogen and oxygen atoms in total. The summed E-state index contributed by atoms with van der Waals surface area (Å²) in [5.74, 6) is 0.874. The molecule has 5 heteroatoms. The molecule has 0 aromatic heterocycles. The van der Waals surface area contributed by atoms with Crippen LogP contribution in [0.25, 0.3) is 0 Å². The lowest BCUT2D eigenvalue weighted by molar-refractivity contribution is -0.918. The van der Waals surface area contributed by atoms with E-state index in [1.165, 1.54) is 24.2 Å². The minimum atomic E-state index is 0.477. The lowest BCUT2D eigenvalue weighted by Crippen LogP contribution is -3.12. The highest BCUT2D eigenvalue weighted by Crippen LogP contribution is 2.11. The van der Waals surface area contributed by atoms with E-state index in [9.17, 15) is 0 Å². The summed E-state index contributed by atoms with van der Waals surface area (Å²) in [7, 11) is 1.68. The number of likely N-dealkylation sites (tertiary alicyclic amines) is 1. The molecule has 1 aliphatic rings. The van der Waals surface area contributed by atoms with Crippen LogP contribution < -0.4 is 20.3 Å². The Balaban J connectivity index is 1.36. The predicted molar refractivity (Wildman–Crippen MR) is 109 cm³/mol. The zero-order chi connectivity index (χ0) is 18.2. The predicted octanol–water partition coefficient (Wildman–Crippen LogP) is 1.91. The molecular formula is C21H28N3OS+. The van der Waals surface area contributed by atoms with Crippen molar-refractivity contribution in [1.82, 2.24) is 10.6 Å². The zero-order valence-corrected chi connectivity index (χ0v) is 16.1. The van der Waals surface area contributed by atoms with E-state index < -0.39 is 0 Å². The Kier molecular flexibility index (Phi) is 6.86. The topological polar surface area (TPSA) is 37.7 Å². The first kappa shape index (κ1) is 18.7. The van der Waals surface area contributed by atoms with Gasteiger partial charge in [-0.05, 0) is 29.9 Å². The molecule has 26 heavy (non-hydrogen) atoms. The smallest absolute Gasteiger partial charge is 0.166 e. The maximum absolute atomic E-state index is 5.46. The van der Waals surface area contributed by atoms with Crippen LogP contribution in [0.2, 0.25) is 0 Å². The highest BCUT2D eigenvalue weighted by molar-refractivity contribution is 7.80. The van der Waals surface area contributed by atoms with E-state index in [2.05, 4.69) is 53.1 Å². The van der Waals surface area contributed by atoms with Gasteiger partial charge in [0.2, 0.25) is 0 Å². The summed E-state index contributed by atoms with van der Waals surface area (Å²) in [5.41, 5.74) is 2.61. The number of thiocarbonyl (C=S) groups is 1. The second-order valence-electron chi connectivity index (χ2n) is 6.86. The van der Waals surface area contributed by atoms with Crippen molar-refractivity contribution >= 4 is 17.3 Å². The number of piperidine rings is 1. The third-order valence-electron chi connectivity index (χ3n) is 4.94. The van der Waals surface area contributed by atoms with Gasteiger partial charge in [0.1, 0.15) is 12.3 Å². The Morgan fingerprint density at radius 3 is 2.38 bits per heavy atom. The molecule has 0 unspecified atom stereocenters. The molecule has 2 aromatic carbocycles. The summed E-state index contributed by atoms with van der Waals surface area (Å²) in [4.78, 5) is 1.66. The fourth-order valence-electron chi connectivity index (χ4n) is 3.39. The van der Waals surface area contributed by atoms with E-state index >= 15 is 0 Å². The van der Waals surface area contributed by atoms with E-state index in [0.29, 0.717) is 6.04 Å². The molecule has 0 radical (unpaired) electrons. The van der Waals surface area contributed by atoms with Crippen LogP contribution in [0.1, 0.15) is 24.0 Å². The van der Waals surface area contributed by atoms with E-state index in [4.69, 9.17) is 17.0 Å². The molecule has 0 amide bonds. The summed E-state index contributed by atoms with van der Waals surface area (Å²) in [5, 5.41) is 7.53. The maximum atomic E-state index is 5.46. The number of hydrogen-bond donors (Lipinski definition) is 3. The minimum absolute atomic E-state index is 0.477. The monoisotopic (exact) mass is 370 g/mol. The molecule has 0 saturated carbocycles. The summed E-state index contributed by atoms with van der Waals surface area (Å²) in [6.45, 7) is 4.23. The van der Waals surface area contributed by atoms with Crippen LogP contribution in [0, 0.1) is 0 Å². The van der Waals surface area contributed by atoms with Gasteiger partial charge in [0.25, 0.3) is 0 Å². The van der Waals surface area contributed by atoms with Crippen LogP contribution in [0.4, 0.5) is 0 Å². The van der Waals surface area contributed by atoms with Crippen molar-refractivity contribution in [3.8, 4) is 5.75 Å². The maximum Gasteiger partial charge on any atom is 0.166 e. The van der Waals surface area contributed by atoms with Crippen molar-refractivity contribution in [3.05, 3.63) is 65.7 Å². The minimum Gasteiger partial charge on any atom is -0.497 e. The quantitative estimate of drug-likeness (QED) is 0.679. The summed E-state index contributed by atoms with van der Waals surface area (Å²) in [6.07, 6.45) is 2.32. The number of ether oxygens (including phenoxy) is 1. The molecule has 1 fully saturated rings. The Hall–Kier alpha value is -2.11. The number of quaternary nitrogens is 1. The highest BCUT2D eigenvalue weighted by Gasteiger charge is 2.22. The summed E-state index contributed by atoms with van der Waals surface area (Å²) in [6, 6.07) is 19.3. The molecule has 1 aliphatic heterocycles. The van der Waals surface area contributed by atoms with Crippen LogP contribution in [-0.4, -0.2) is 31.4 Å². The molecule has 0 spiro atoms. The number of benzene rings is 2. The average Bonchev–Trinajstić information content (AvgIpc) is 2.69. The van der Waals surface area contributed by atoms with Crippen molar-refractivity contribution in [2.24, 2.45) is 0 Å². The number of methoxy groups -OCH3 is 1. The van der Waals surface area contributed by atoms with Crippen LogP contribution >= 0.6 is 12.2 Å². The van der Waals surface area contributed by atoms with Gasteiger partial charge in [-0.25, -0.2) is 0 Å². The van der Waals surface area contributed by atoms with Crippen molar-refractivity contribution in [3.63, 3.8) is 0 Å². The van der Waals surface area contributed by atoms with Crippen LogP contribution in [0.15, 0.2) is 54.6 Å². The van der Waals surface area contributed by atoms with Gasteiger partial charge in [0, 0.05) is 31.0 Å². The Bertz CT molecular complexity index is 682. The molecule has 1 heterocycles. The van der Waals surface area contributed by atoms with Crippen LogP contribution in [0.5, 0.6) is 5.75 Å². The molecule has 3 rings (SSSR count).